The van der Waals surface area contributed by atoms with Gasteiger partial charge in [-0.15, -0.1) is 11.3 Å². The van der Waals surface area contributed by atoms with Gasteiger partial charge in [-0.1, -0.05) is 20.8 Å². The Bertz CT molecular complexity index is 722. The highest BCUT2D eigenvalue weighted by Crippen LogP contribution is 2.32. The first-order valence-electron chi connectivity index (χ1n) is 8.37. The molecule has 24 heavy (non-hydrogen) atoms. The molecular formula is C17H25N5OS. The fraction of sp³-hybridized carbons (Fsp3) is 0.588. The van der Waals surface area contributed by atoms with Crippen molar-refractivity contribution in [2.24, 2.45) is 7.05 Å². The molecule has 1 saturated heterocycles. The SMILES string of the molecule is Cn1nc(C(C)(C)C)cc1C(=O)Nc1ncc(C2CCNCC2)s1. The zero-order valence-electron chi connectivity index (χ0n) is 14.7. The van der Waals surface area contributed by atoms with Gasteiger partial charge in [0.25, 0.3) is 5.91 Å². The van der Waals surface area contributed by atoms with Crippen molar-refractivity contribution < 1.29 is 4.79 Å². The quantitative estimate of drug-likeness (QED) is 0.895. The summed E-state index contributed by atoms with van der Waals surface area (Å²) in [6.45, 7) is 8.36. The molecule has 130 valence electrons. The van der Waals surface area contributed by atoms with Crippen molar-refractivity contribution in [3.05, 3.63) is 28.5 Å². The van der Waals surface area contributed by atoms with Crippen molar-refractivity contribution >= 4 is 22.4 Å². The summed E-state index contributed by atoms with van der Waals surface area (Å²) in [4.78, 5) is 18.2. The summed E-state index contributed by atoms with van der Waals surface area (Å²) >= 11 is 1.58. The molecule has 2 N–H and O–H groups in total. The van der Waals surface area contributed by atoms with Gasteiger partial charge in [0.2, 0.25) is 0 Å². The zero-order chi connectivity index (χ0) is 17.3. The number of amides is 1. The second-order valence-electron chi connectivity index (χ2n) is 7.33. The molecule has 1 aliphatic heterocycles. The van der Waals surface area contributed by atoms with E-state index in [1.165, 1.54) is 4.88 Å². The van der Waals surface area contributed by atoms with E-state index in [4.69, 9.17) is 0 Å². The molecule has 3 rings (SSSR count). The highest BCUT2D eigenvalue weighted by molar-refractivity contribution is 7.15. The van der Waals surface area contributed by atoms with Crippen LogP contribution >= 0.6 is 11.3 Å². The van der Waals surface area contributed by atoms with Crippen LogP contribution in [-0.2, 0) is 12.5 Å². The van der Waals surface area contributed by atoms with E-state index < -0.39 is 0 Å². The van der Waals surface area contributed by atoms with E-state index in [1.54, 1.807) is 23.1 Å². The van der Waals surface area contributed by atoms with Crippen LogP contribution in [0.15, 0.2) is 12.3 Å². The minimum Gasteiger partial charge on any atom is -0.317 e. The van der Waals surface area contributed by atoms with Crippen LogP contribution in [0.3, 0.4) is 0 Å². The smallest absolute Gasteiger partial charge is 0.275 e. The van der Waals surface area contributed by atoms with Gasteiger partial charge in [0.1, 0.15) is 5.69 Å². The number of aryl methyl sites for hydroxylation is 1. The van der Waals surface area contributed by atoms with Crippen LogP contribution in [0.4, 0.5) is 5.13 Å². The zero-order valence-corrected chi connectivity index (χ0v) is 15.5. The second kappa shape index (κ2) is 6.64. The molecule has 1 amide bonds. The largest absolute Gasteiger partial charge is 0.317 e. The Morgan fingerprint density at radius 2 is 2.08 bits per heavy atom. The van der Waals surface area contributed by atoms with Crippen molar-refractivity contribution in [3.8, 4) is 0 Å². The van der Waals surface area contributed by atoms with Gasteiger partial charge >= 0.3 is 0 Å². The molecule has 2 aromatic rings. The normalized spacial score (nSPS) is 16.3. The topological polar surface area (TPSA) is 71.8 Å². The molecular weight excluding hydrogens is 322 g/mol. The number of piperidine rings is 1. The third-order valence-electron chi connectivity index (χ3n) is 4.37. The van der Waals surface area contributed by atoms with E-state index >= 15 is 0 Å². The summed E-state index contributed by atoms with van der Waals surface area (Å²) < 4.78 is 1.64. The van der Waals surface area contributed by atoms with Crippen LogP contribution < -0.4 is 10.6 Å². The molecule has 3 heterocycles. The summed E-state index contributed by atoms with van der Waals surface area (Å²) in [7, 11) is 1.80. The Kier molecular flexibility index (Phi) is 4.73. The maximum atomic E-state index is 12.5. The lowest BCUT2D eigenvalue weighted by Crippen LogP contribution is -2.26. The molecule has 0 unspecified atom stereocenters. The molecule has 0 aliphatic carbocycles. The maximum Gasteiger partial charge on any atom is 0.275 e. The van der Waals surface area contributed by atoms with Crippen LogP contribution in [0.2, 0.25) is 0 Å². The van der Waals surface area contributed by atoms with Crippen molar-refractivity contribution in [2.75, 3.05) is 18.4 Å². The van der Waals surface area contributed by atoms with Gasteiger partial charge in [0.05, 0.1) is 5.69 Å². The standard InChI is InChI=1S/C17H25N5OS/c1-17(2,3)14-9-12(22(4)21-14)15(23)20-16-19-10-13(24-16)11-5-7-18-8-6-11/h9-11,18H,5-8H2,1-4H3,(H,19,20,23). The molecule has 7 heteroatoms. The highest BCUT2D eigenvalue weighted by Gasteiger charge is 2.23. The number of hydrogen-bond acceptors (Lipinski definition) is 5. The monoisotopic (exact) mass is 347 g/mol. The molecule has 0 aromatic carbocycles. The summed E-state index contributed by atoms with van der Waals surface area (Å²) in [6, 6.07) is 1.86. The van der Waals surface area contributed by atoms with Gasteiger partial charge in [-0.25, -0.2) is 4.98 Å². The predicted molar refractivity (Wildman–Crippen MR) is 96.8 cm³/mol. The van der Waals surface area contributed by atoms with E-state index in [1.807, 2.05) is 12.3 Å². The van der Waals surface area contributed by atoms with Gasteiger partial charge in [0, 0.05) is 23.5 Å². The first-order chi connectivity index (χ1) is 11.3. The number of anilines is 1. The molecule has 0 atom stereocenters. The number of nitrogens with one attached hydrogen (secondary N) is 2. The molecule has 0 radical (unpaired) electrons. The number of aromatic nitrogens is 3. The lowest BCUT2D eigenvalue weighted by atomic mass is 9.92. The number of carbonyl (C=O) groups is 1. The summed E-state index contributed by atoms with van der Waals surface area (Å²) in [5, 5.41) is 11.4. The number of hydrogen-bond donors (Lipinski definition) is 2. The lowest BCUT2D eigenvalue weighted by molar-refractivity contribution is 0.101. The van der Waals surface area contributed by atoms with E-state index in [2.05, 4.69) is 41.5 Å². The Morgan fingerprint density at radius 1 is 1.38 bits per heavy atom. The number of carbonyl (C=O) groups excluding carboxylic acids is 1. The molecule has 6 nitrogen and oxygen atoms in total. The minimum absolute atomic E-state index is 0.0837. The van der Waals surface area contributed by atoms with Crippen molar-refractivity contribution in [1.29, 1.82) is 0 Å². The summed E-state index contributed by atoms with van der Waals surface area (Å²) in [6.07, 6.45) is 4.17. The van der Waals surface area contributed by atoms with E-state index in [0.717, 1.165) is 31.6 Å². The van der Waals surface area contributed by atoms with Gasteiger partial charge in [-0.05, 0) is 37.9 Å². The molecule has 0 bridgehead atoms. The van der Waals surface area contributed by atoms with Crippen molar-refractivity contribution in [3.63, 3.8) is 0 Å². The Hall–Kier alpha value is -1.73. The van der Waals surface area contributed by atoms with Crippen LogP contribution in [0.1, 0.15) is 60.6 Å². The first-order valence-corrected chi connectivity index (χ1v) is 9.18. The second-order valence-corrected chi connectivity index (χ2v) is 8.40. The van der Waals surface area contributed by atoms with Crippen molar-refractivity contribution in [1.82, 2.24) is 20.1 Å². The number of thiazole rings is 1. The van der Waals surface area contributed by atoms with E-state index in [9.17, 15) is 4.79 Å². The minimum atomic E-state index is -0.160. The van der Waals surface area contributed by atoms with Gasteiger partial charge in [-0.2, -0.15) is 5.10 Å². The first kappa shape index (κ1) is 17.1. The maximum absolute atomic E-state index is 12.5. The molecule has 0 spiro atoms. The molecule has 2 aromatic heterocycles. The predicted octanol–water partition coefficient (Wildman–Crippen LogP) is 2.89. The van der Waals surface area contributed by atoms with Gasteiger partial charge < -0.3 is 5.32 Å². The Morgan fingerprint density at radius 3 is 2.71 bits per heavy atom. The van der Waals surface area contributed by atoms with Crippen LogP contribution in [0.5, 0.6) is 0 Å². The average Bonchev–Trinajstić information content (AvgIpc) is 3.14. The van der Waals surface area contributed by atoms with Gasteiger partial charge in [-0.3, -0.25) is 14.8 Å². The van der Waals surface area contributed by atoms with E-state index in [0.29, 0.717) is 16.7 Å². The third kappa shape index (κ3) is 3.67. The average molecular weight is 347 g/mol. The van der Waals surface area contributed by atoms with Crippen LogP contribution in [0, 0.1) is 0 Å². The Labute approximate surface area is 146 Å². The Balaban J connectivity index is 1.71. The highest BCUT2D eigenvalue weighted by atomic mass is 32.1. The number of nitrogens with zero attached hydrogens (tertiary/aromatic N) is 3. The third-order valence-corrected chi connectivity index (χ3v) is 5.44. The van der Waals surface area contributed by atoms with Gasteiger partial charge in [0.15, 0.2) is 5.13 Å². The fourth-order valence-electron chi connectivity index (χ4n) is 2.85. The van der Waals surface area contributed by atoms with Crippen LogP contribution in [0.25, 0.3) is 0 Å². The lowest BCUT2D eigenvalue weighted by Gasteiger charge is -2.20. The summed E-state index contributed by atoms with van der Waals surface area (Å²) in [5.74, 6) is 0.394. The van der Waals surface area contributed by atoms with E-state index in [-0.39, 0.29) is 11.3 Å². The van der Waals surface area contributed by atoms with Crippen molar-refractivity contribution in [2.45, 2.75) is 44.9 Å². The number of rotatable bonds is 3. The summed E-state index contributed by atoms with van der Waals surface area (Å²) in [5.41, 5.74) is 1.38. The van der Waals surface area contributed by atoms with Crippen LogP contribution in [-0.4, -0.2) is 33.8 Å². The molecule has 1 aliphatic rings. The fourth-order valence-corrected chi connectivity index (χ4v) is 3.83. The molecule has 1 fully saturated rings. The molecule has 0 saturated carbocycles.